The zero-order valence-electron chi connectivity index (χ0n) is 8.71. The van der Waals surface area contributed by atoms with Gasteiger partial charge in [0, 0.05) is 19.1 Å². The molecular formula is C11H22N2. The molecule has 1 unspecified atom stereocenters. The van der Waals surface area contributed by atoms with Gasteiger partial charge in [0.2, 0.25) is 0 Å². The lowest BCUT2D eigenvalue weighted by Crippen LogP contribution is -2.45. The number of nitrogens with two attached hydrogens (primary N) is 1. The monoisotopic (exact) mass is 182 g/mol. The first-order chi connectivity index (χ1) is 6.24. The Hall–Kier alpha value is -0.0800. The van der Waals surface area contributed by atoms with Crippen molar-refractivity contribution in [1.82, 2.24) is 4.90 Å². The second-order valence-corrected chi connectivity index (χ2v) is 5.10. The van der Waals surface area contributed by atoms with Crippen molar-refractivity contribution >= 4 is 0 Å². The van der Waals surface area contributed by atoms with Crippen LogP contribution in [0.25, 0.3) is 0 Å². The number of likely N-dealkylation sites (tertiary alicyclic amines) is 1. The zero-order chi connectivity index (χ0) is 9.26. The highest BCUT2D eigenvalue weighted by molar-refractivity contribution is 4.85. The van der Waals surface area contributed by atoms with Gasteiger partial charge in [0.25, 0.3) is 0 Å². The number of hydrogen-bond acceptors (Lipinski definition) is 2. The van der Waals surface area contributed by atoms with E-state index in [0.29, 0.717) is 6.04 Å². The van der Waals surface area contributed by atoms with E-state index < -0.39 is 0 Å². The van der Waals surface area contributed by atoms with Gasteiger partial charge in [0.05, 0.1) is 0 Å². The van der Waals surface area contributed by atoms with Crippen LogP contribution in [0.1, 0.15) is 32.6 Å². The van der Waals surface area contributed by atoms with Crippen molar-refractivity contribution in [2.24, 2.45) is 17.6 Å². The SMILES string of the molecule is CC1CCCN(CC2CC(N)C2)C1. The Morgan fingerprint density at radius 1 is 1.38 bits per heavy atom. The second-order valence-electron chi connectivity index (χ2n) is 5.10. The third kappa shape index (κ3) is 2.44. The molecular weight excluding hydrogens is 160 g/mol. The summed E-state index contributed by atoms with van der Waals surface area (Å²) in [5.41, 5.74) is 5.78. The van der Waals surface area contributed by atoms with Crippen LogP contribution in [0, 0.1) is 11.8 Å². The van der Waals surface area contributed by atoms with Gasteiger partial charge in [-0.05, 0) is 44.1 Å². The predicted molar refractivity (Wildman–Crippen MR) is 55.5 cm³/mol. The Bertz CT molecular complexity index is 163. The first kappa shape index (κ1) is 9.47. The molecule has 2 nitrogen and oxygen atoms in total. The summed E-state index contributed by atoms with van der Waals surface area (Å²) in [7, 11) is 0. The van der Waals surface area contributed by atoms with Crippen molar-refractivity contribution in [2.75, 3.05) is 19.6 Å². The largest absolute Gasteiger partial charge is 0.328 e. The van der Waals surface area contributed by atoms with E-state index in [0.717, 1.165) is 11.8 Å². The maximum Gasteiger partial charge on any atom is 0.00450 e. The van der Waals surface area contributed by atoms with E-state index in [1.807, 2.05) is 0 Å². The van der Waals surface area contributed by atoms with E-state index >= 15 is 0 Å². The molecule has 1 saturated carbocycles. The Labute approximate surface area is 81.5 Å². The molecule has 13 heavy (non-hydrogen) atoms. The highest BCUT2D eigenvalue weighted by Gasteiger charge is 2.28. The molecule has 0 aromatic heterocycles. The molecule has 2 fully saturated rings. The fourth-order valence-corrected chi connectivity index (χ4v) is 2.75. The maximum atomic E-state index is 5.78. The van der Waals surface area contributed by atoms with Gasteiger partial charge >= 0.3 is 0 Å². The minimum Gasteiger partial charge on any atom is -0.328 e. The second kappa shape index (κ2) is 3.97. The molecule has 0 radical (unpaired) electrons. The van der Waals surface area contributed by atoms with Crippen molar-refractivity contribution < 1.29 is 0 Å². The molecule has 0 bridgehead atoms. The Morgan fingerprint density at radius 2 is 2.15 bits per heavy atom. The van der Waals surface area contributed by atoms with Gasteiger partial charge in [0.1, 0.15) is 0 Å². The molecule has 2 rings (SSSR count). The zero-order valence-corrected chi connectivity index (χ0v) is 8.71. The van der Waals surface area contributed by atoms with E-state index in [4.69, 9.17) is 5.73 Å². The Morgan fingerprint density at radius 3 is 2.77 bits per heavy atom. The molecule has 1 aliphatic carbocycles. The van der Waals surface area contributed by atoms with Crippen LogP contribution in [0.2, 0.25) is 0 Å². The summed E-state index contributed by atoms with van der Waals surface area (Å²) in [4.78, 5) is 2.64. The fraction of sp³-hybridized carbons (Fsp3) is 1.00. The van der Waals surface area contributed by atoms with Crippen LogP contribution < -0.4 is 5.73 Å². The average Bonchev–Trinajstić information content (AvgIpc) is 2.01. The third-order valence-electron chi connectivity index (χ3n) is 3.53. The van der Waals surface area contributed by atoms with Gasteiger partial charge in [-0.15, -0.1) is 0 Å². The number of piperidine rings is 1. The molecule has 1 saturated heterocycles. The fourth-order valence-electron chi connectivity index (χ4n) is 2.75. The maximum absolute atomic E-state index is 5.78. The van der Waals surface area contributed by atoms with Gasteiger partial charge in [-0.2, -0.15) is 0 Å². The van der Waals surface area contributed by atoms with E-state index in [1.165, 1.54) is 45.3 Å². The van der Waals surface area contributed by atoms with E-state index in [1.54, 1.807) is 0 Å². The highest BCUT2D eigenvalue weighted by atomic mass is 15.1. The quantitative estimate of drug-likeness (QED) is 0.700. The van der Waals surface area contributed by atoms with Crippen LogP contribution in [0.5, 0.6) is 0 Å². The molecule has 1 atom stereocenters. The molecule has 0 aromatic carbocycles. The van der Waals surface area contributed by atoms with E-state index in [2.05, 4.69) is 11.8 Å². The predicted octanol–water partition coefficient (Wildman–Crippen LogP) is 1.46. The first-order valence-electron chi connectivity index (χ1n) is 5.72. The van der Waals surface area contributed by atoms with Crippen LogP contribution in [-0.2, 0) is 0 Å². The van der Waals surface area contributed by atoms with E-state index in [-0.39, 0.29) is 0 Å². The van der Waals surface area contributed by atoms with Crippen molar-refractivity contribution in [2.45, 2.75) is 38.6 Å². The topological polar surface area (TPSA) is 29.3 Å². The minimum atomic E-state index is 0.521. The summed E-state index contributed by atoms with van der Waals surface area (Å²) in [5, 5.41) is 0. The van der Waals surface area contributed by atoms with Crippen LogP contribution in [0.15, 0.2) is 0 Å². The Balaban J connectivity index is 1.69. The molecule has 1 aliphatic heterocycles. The number of rotatable bonds is 2. The summed E-state index contributed by atoms with van der Waals surface area (Å²) >= 11 is 0. The molecule has 0 aromatic rings. The molecule has 0 spiro atoms. The smallest absolute Gasteiger partial charge is 0.00450 e. The summed E-state index contributed by atoms with van der Waals surface area (Å²) in [6.45, 7) is 6.35. The minimum absolute atomic E-state index is 0.521. The Kier molecular flexibility index (Phi) is 2.89. The van der Waals surface area contributed by atoms with Crippen molar-refractivity contribution in [1.29, 1.82) is 0 Å². The van der Waals surface area contributed by atoms with Crippen LogP contribution in [-0.4, -0.2) is 30.6 Å². The van der Waals surface area contributed by atoms with Crippen LogP contribution >= 0.6 is 0 Å². The van der Waals surface area contributed by atoms with Gasteiger partial charge in [-0.1, -0.05) is 6.92 Å². The lowest BCUT2D eigenvalue weighted by Gasteiger charge is -2.39. The van der Waals surface area contributed by atoms with Gasteiger partial charge < -0.3 is 10.6 Å². The molecule has 2 N–H and O–H groups in total. The average molecular weight is 182 g/mol. The molecule has 1 heterocycles. The standard InChI is InChI=1S/C11H22N2/c1-9-3-2-4-13(7-9)8-10-5-11(12)6-10/h9-11H,2-8,12H2,1H3. The van der Waals surface area contributed by atoms with Crippen molar-refractivity contribution in [3.63, 3.8) is 0 Å². The van der Waals surface area contributed by atoms with Crippen LogP contribution in [0.4, 0.5) is 0 Å². The van der Waals surface area contributed by atoms with Gasteiger partial charge in [0.15, 0.2) is 0 Å². The van der Waals surface area contributed by atoms with Crippen LogP contribution in [0.3, 0.4) is 0 Å². The van der Waals surface area contributed by atoms with Crippen molar-refractivity contribution in [3.05, 3.63) is 0 Å². The molecule has 0 amide bonds. The van der Waals surface area contributed by atoms with Crippen molar-refractivity contribution in [3.8, 4) is 0 Å². The number of nitrogens with zero attached hydrogens (tertiary/aromatic N) is 1. The van der Waals surface area contributed by atoms with Gasteiger partial charge in [-0.3, -0.25) is 0 Å². The molecule has 2 aliphatic rings. The van der Waals surface area contributed by atoms with E-state index in [9.17, 15) is 0 Å². The highest BCUT2D eigenvalue weighted by Crippen LogP contribution is 2.27. The number of hydrogen-bond donors (Lipinski definition) is 1. The molecule has 2 heteroatoms. The normalized spacial score (nSPS) is 41.5. The lowest BCUT2D eigenvalue weighted by atomic mass is 9.80. The summed E-state index contributed by atoms with van der Waals surface area (Å²) in [6, 6.07) is 0.521. The third-order valence-corrected chi connectivity index (χ3v) is 3.53. The lowest BCUT2D eigenvalue weighted by molar-refractivity contribution is 0.120. The van der Waals surface area contributed by atoms with Gasteiger partial charge in [-0.25, -0.2) is 0 Å². The first-order valence-corrected chi connectivity index (χ1v) is 5.72. The summed E-state index contributed by atoms with van der Waals surface area (Å²) in [6.07, 6.45) is 5.37. The molecule has 76 valence electrons. The summed E-state index contributed by atoms with van der Waals surface area (Å²) in [5.74, 6) is 1.84. The summed E-state index contributed by atoms with van der Waals surface area (Å²) < 4.78 is 0.